The highest BCUT2D eigenvalue weighted by Gasteiger charge is 2.22. The number of carboxylic acid groups (broad SMARTS) is 1. The Bertz CT molecular complexity index is 481. The van der Waals surface area contributed by atoms with Crippen molar-refractivity contribution in [3.05, 3.63) is 28.8 Å². The first-order chi connectivity index (χ1) is 8.56. The Morgan fingerprint density at radius 1 is 1.22 bits per heavy atom. The Morgan fingerprint density at radius 3 is 2.50 bits per heavy atom. The summed E-state index contributed by atoms with van der Waals surface area (Å²) in [5.74, 6) is -1.07. The van der Waals surface area contributed by atoms with E-state index in [2.05, 4.69) is 5.32 Å². The Labute approximate surface area is 110 Å². The molecule has 1 saturated carbocycles. The number of hydrogen-bond donors (Lipinski definition) is 2. The average molecular weight is 268 g/mol. The Kier molecular flexibility index (Phi) is 3.87. The van der Waals surface area contributed by atoms with Crippen LogP contribution in [-0.4, -0.2) is 17.0 Å². The van der Waals surface area contributed by atoms with Crippen molar-refractivity contribution < 1.29 is 14.7 Å². The van der Waals surface area contributed by atoms with Gasteiger partial charge >= 0.3 is 5.97 Å². The van der Waals surface area contributed by atoms with Crippen LogP contribution < -0.4 is 5.32 Å². The summed E-state index contributed by atoms with van der Waals surface area (Å²) in [6.45, 7) is 0. The summed E-state index contributed by atoms with van der Waals surface area (Å²) in [6, 6.07) is 4.33. The smallest absolute Gasteiger partial charge is 0.335 e. The molecule has 0 unspecified atom stereocenters. The highest BCUT2D eigenvalue weighted by atomic mass is 35.5. The predicted molar refractivity (Wildman–Crippen MR) is 69.0 cm³/mol. The molecule has 0 atom stereocenters. The zero-order chi connectivity index (χ0) is 13.1. The van der Waals surface area contributed by atoms with E-state index in [1.165, 1.54) is 12.1 Å². The van der Waals surface area contributed by atoms with Crippen LogP contribution >= 0.6 is 11.6 Å². The number of amides is 1. The van der Waals surface area contributed by atoms with Gasteiger partial charge in [-0.1, -0.05) is 24.4 Å². The number of rotatable bonds is 3. The Balaban J connectivity index is 2.13. The lowest BCUT2D eigenvalue weighted by molar-refractivity contribution is -0.119. The Morgan fingerprint density at radius 2 is 1.89 bits per heavy atom. The number of carboxylic acids is 1. The summed E-state index contributed by atoms with van der Waals surface area (Å²) in [7, 11) is 0. The maximum atomic E-state index is 11.9. The van der Waals surface area contributed by atoms with Gasteiger partial charge in [0.1, 0.15) is 0 Å². The van der Waals surface area contributed by atoms with Crippen molar-refractivity contribution in [2.75, 3.05) is 5.32 Å². The Hall–Kier alpha value is -1.55. The number of nitrogens with one attached hydrogen (secondary N) is 1. The molecular weight excluding hydrogens is 254 g/mol. The van der Waals surface area contributed by atoms with Gasteiger partial charge < -0.3 is 10.4 Å². The second-order valence-corrected chi connectivity index (χ2v) is 4.94. The number of anilines is 1. The summed E-state index contributed by atoms with van der Waals surface area (Å²) in [5.41, 5.74) is 0.515. The molecule has 1 aliphatic rings. The van der Waals surface area contributed by atoms with Crippen molar-refractivity contribution in [2.24, 2.45) is 5.92 Å². The minimum absolute atomic E-state index is 0.0391. The number of aromatic carboxylic acids is 1. The van der Waals surface area contributed by atoms with Gasteiger partial charge in [-0.2, -0.15) is 0 Å². The zero-order valence-electron chi connectivity index (χ0n) is 9.78. The van der Waals surface area contributed by atoms with Crippen LogP contribution in [0.2, 0.25) is 5.02 Å². The third-order valence-electron chi connectivity index (χ3n) is 3.14. The quantitative estimate of drug-likeness (QED) is 0.884. The van der Waals surface area contributed by atoms with Crippen LogP contribution in [0, 0.1) is 5.92 Å². The molecule has 5 heteroatoms. The summed E-state index contributed by atoms with van der Waals surface area (Å²) in [5, 5.41) is 11.9. The van der Waals surface area contributed by atoms with Gasteiger partial charge in [0.05, 0.1) is 5.56 Å². The highest BCUT2D eigenvalue weighted by Crippen LogP contribution is 2.27. The van der Waals surface area contributed by atoms with E-state index < -0.39 is 5.97 Å². The van der Waals surface area contributed by atoms with E-state index in [0.29, 0.717) is 10.7 Å². The van der Waals surface area contributed by atoms with Gasteiger partial charge in [0, 0.05) is 16.6 Å². The van der Waals surface area contributed by atoms with Crippen LogP contribution in [0.4, 0.5) is 5.69 Å². The van der Waals surface area contributed by atoms with Gasteiger partial charge in [0.25, 0.3) is 0 Å². The van der Waals surface area contributed by atoms with Crippen molar-refractivity contribution in [1.29, 1.82) is 0 Å². The maximum Gasteiger partial charge on any atom is 0.335 e. The molecule has 2 rings (SSSR count). The second-order valence-electron chi connectivity index (χ2n) is 4.50. The van der Waals surface area contributed by atoms with E-state index in [-0.39, 0.29) is 17.4 Å². The molecule has 0 radical (unpaired) electrons. The summed E-state index contributed by atoms with van der Waals surface area (Å²) >= 11 is 5.82. The minimum Gasteiger partial charge on any atom is -0.478 e. The fourth-order valence-corrected chi connectivity index (χ4v) is 2.45. The number of hydrogen-bond acceptors (Lipinski definition) is 2. The molecule has 18 heavy (non-hydrogen) atoms. The molecule has 2 N–H and O–H groups in total. The van der Waals surface area contributed by atoms with E-state index in [1.807, 2.05) is 0 Å². The van der Waals surface area contributed by atoms with Gasteiger partial charge in [-0.25, -0.2) is 4.79 Å². The van der Waals surface area contributed by atoms with E-state index in [4.69, 9.17) is 16.7 Å². The van der Waals surface area contributed by atoms with Gasteiger partial charge in [-0.05, 0) is 31.0 Å². The monoisotopic (exact) mass is 267 g/mol. The zero-order valence-corrected chi connectivity index (χ0v) is 10.5. The van der Waals surface area contributed by atoms with Gasteiger partial charge in [-0.3, -0.25) is 4.79 Å². The minimum atomic E-state index is -1.06. The maximum absolute atomic E-state index is 11.9. The normalized spacial score (nSPS) is 15.6. The molecule has 4 nitrogen and oxygen atoms in total. The van der Waals surface area contributed by atoms with E-state index in [0.717, 1.165) is 25.7 Å². The molecule has 0 aliphatic heterocycles. The molecule has 1 fully saturated rings. The van der Waals surface area contributed by atoms with Crippen molar-refractivity contribution in [2.45, 2.75) is 25.7 Å². The third-order valence-corrected chi connectivity index (χ3v) is 3.36. The summed E-state index contributed by atoms with van der Waals surface area (Å²) in [6.07, 6.45) is 3.96. The molecule has 0 heterocycles. The molecule has 1 aromatic rings. The van der Waals surface area contributed by atoms with Crippen LogP contribution in [0.3, 0.4) is 0 Å². The van der Waals surface area contributed by atoms with E-state index in [9.17, 15) is 9.59 Å². The fraction of sp³-hybridized carbons (Fsp3) is 0.385. The summed E-state index contributed by atoms with van der Waals surface area (Å²) in [4.78, 5) is 22.8. The third kappa shape index (κ3) is 3.01. The standard InChI is InChI=1S/C13H14ClNO3/c14-10-5-9(13(17)18)6-11(7-10)15-12(16)8-3-1-2-4-8/h5-8H,1-4H2,(H,15,16)(H,17,18). The lowest BCUT2D eigenvalue weighted by Gasteiger charge is -2.11. The largest absolute Gasteiger partial charge is 0.478 e. The molecule has 1 aromatic carbocycles. The molecule has 0 spiro atoms. The van der Waals surface area contributed by atoms with Crippen LogP contribution in [0.25, 0.3) is 0 Å². The SMILES string of the molecule is O=C(O)c1cc(Cl)cc(NC(=O)C2CCCC2)c1. The number of carbonyl (C=O) groups is 2. The molecular formula is C13H14ClNO3. The average Bonchev–Trinajstić information content (AvgIpc) is 2.81. The first kappa shape index (κ1) is 12.9. The van der Waals surface area contributed by atoms with Gasteiger partial charge in [0.15, 0.2) is 0 Å². The van der Waals surface area contributed by atoms with Gasteiger partial charge in [0.2, 0.25) is 5.91 Å². The van der Waals surface area contributed by atoms with Crippen LogP contribution in [-0.2, 0) is 4.79 Å². The highest BCUT2D eigenvalue weighted by molar-refractivity contribution is 6.31. The molecule has 0 bridgehead atoms. The van der Waals surface area contributed by atoms with Crippen LogP contribution in [0.5, 0.6) is 0 Å². The molecule has 1 aliphatic carbocycles. The molecule has 0 aromatic heterocycles. The van der Waals surface area contributed by atoms with Crippen molar-refractivity contribution in [3.8, 4) is 0 Å². The van der Waals surface area contributed by atoms with E-state index in [1.54, 1.807) is 6.07 Å². The van der Waals surface area contributed by atoms with Crippen molar-refractivity contribution in [3.63, 3.8) is 0 Å². The van der Waals surface area contributed by atoms with E-state index >= 15 is 0 Å². The number of benzene rings is 1. The lowest BCUT2D eigenvalue weighted by atomic mass is 10.1. The predicted octanol–water partition coefficient (Wildman–Crippen LogP) is 3.17. The summed E-state index contributed by atoms with van der Waals surface area (Å²) < 4.78 is 0. The van der Waals surface area contributed by atoms with Crippen molar-refractivity contribution in [1.82, 2.24) is 0 Å². The second kappa shape index (κ2) is 5.40. The fourth-order valence-electron chi connectivity index (χ4n) is 2.22. The van der Waals surface area contributed by atoms with Gasteiger partial charge in [-0.15, -0.1) is 0 Å². The van der Waals surface area contributed by atoms with Crippen molar-refractivity contribution >= 4 is 29.2 Å². The molecule has 1 amide bonds. The first-order valence-electron chi connectivity index (χ1n) is 5.91. The first-order valence-corrected chi connectivity index (χ1v) is 6.29. The molecule has 96 valence electrons. The lowest BCUT2D eigenvalue weighted by Crippen LogP contribution is -2.20. The number of halogens is 1. The van der Waals surface area contributed by atoms with Crippen LogP contribution in [0.15, 0.2) is 18.2 Å². The topological polar surface area (TPSA) is 66.4 Å². The molecule has 0 saturated heterocycles. The number of carbonyl (C=O) groups excluding carboxylic acids is 1. The van der Waals surface area contributed by atoms with Crippen LogP contribution in [0.1, 0.15) is 36.0 Å².